The highest BCUT2D eigenvalue weighted by molar-refractivity contribution is 5.79. The van der Waals surface area contributed by atoms with Gasteiger partial charge in [0.15, 0.2) is 0 Å². The highest BCUT2D eigenvalue weighted by Gasteiger charge is 2.27. The van der Waals surface area contributed by atoms with Gasteiger partial charge in [0.1, 0.15) is 0 Å². The zero-order chi connectivity index (χ0) is 22.2. The topological polar surface area (TPSA) is 43.9 Å². The summed E-state index contributed by atoms with van der Waals surface area (Å²) in [5.41, 5.74) is 2.35. The first kappa shape index (κ1) is 22.5. The number of hydrogen-bond donors (Lipinski definition) is 0. The van der Waals surface area contributed by atoms with E-state index in [1.54, 1.807) is 0 Å². The third-order valence-corrected chi connectivity index (χ3v) is 6.83. The van der Waals surface area contributed by atoms with Crippen LogP contribution in [0.4, 0.5) is 0 Å². The Morgan fingerprint density at radius 3 is 1.66 bits per heavy atom. The minimum atomic E-state index is 0.0625. The fourth-order valence-corrected chi connectivity index (χ4v) is 4.87. The van der Waals surface area contributed by atoms with Crippen LogP contribution in [0.15, 0.2) is 60.7 Å². The normalized spacial score (nSPS) is 17.9. The van der Waals surface area contributed by atoms with Gasteiger partial charge in [0.2, 0.25) is 11.8 Å². The zero-order valence-corrected chi connectivity index (χ0v) is 19.0. The molecular formula is C27H35N3O2. The van der Waals surface area contributed by atoms with Gasteiger partial charge >= 0.3 is 0 Å². The molecule has 0 N–H and O–H groups in total. The average molecular weight is 434 g/mol. The van der Waals surface area contributed by atoms with E-state index in [0.29, 0.717) is 26.1 Å². The van der Waals surface area contributed by atoms with E-state index < -0.39 is 0 Å². The second-order valence-corrected chi connectivity index (χ2v) is 9.03. The quantitative estimate of drug-likeness (QED) is 0.697. The molecule has 2 aromatic carbocycles. The van der Waals surface area contributed by atoms with Gasteiger partial charge in [0, 0.05) is 51.6 Å². The molecule has 0 bridgehead atoms. The smallest absolute Gasteiger partial charge is 0.236 e. The number of piperazine rings is 1. The van der Waals surface area contributed by atoms with E-state index in [0.717, 1.165) is 39.0 Å². The molecule has 5 nitrogen and oxygen atoms in total. The van der Waals surface area contributed by atoms with E-state index in [4.69, 9.17) is 0 Å². The largest absolute Gasteiger partial charge is 0.342 e. The number of amides is 2. The highest BCUT2D eigenvalue weighted by atomic mass is 16.2. The molecule has 0 spiro atoms. The maximum Gasteiger partial charge on any atom is 0.236 e. The first-order chi connectivity index (χ1) is 15.7. The van der Waals surface area contributed by atoms with Gasteiger partial charge in [-0.25, -0.2) is 0 Å². The molecule has 0 atom stereocenters. The van der Waals surface area contributed by atoms with Crippen molar-refractivity contribution in [2.75, 3.05) is 45.8 Å². The van der Waals surface area contributed by atoms with Gasteiger partial charge in [-0.3, -0.25) is 14.5 Å². The summed E-state index contributed by atoms with van der Waals surface area (Å²) in [6, 6.07) is 20.6. The predicted molar refractivity (Wildman–Crippen MR) is 127 cm³/mol. The van der Waals surface area contributed by atoms with Gasteiger partial charge in [0.25, 0.3) is 0 Å². The molecular weight excluding hydrogens is 398 g/mol. The number of carbonyl (C=O) groups is 2. The molecule has 2 heterocycles. The Balaban J connectivity index is 1.32. The van der Waals surface area contributed by atoms with Crippen molar-refractivity contribution >= 4 is 11.8 Å². The number of likely N-dealkylation sites (tertiary alicyclic amines) is 1. The van der Waals surface area contributed by atoms with E-state index in [9.17, 15) is 9.59 Å². The van der Waals surface area contributed by atoms with Crippen molar-refractivity contribution in [3.63, 3.8) is 0 Å². The Morgan fingerprint density at radius 2 is 1.12 bits per heavy atom. The second-order valence-electron chi connectivity index (χ2n) is 9.03. The average Bonchev–Trinajstić information content (AvgIpc) is 3.14. The standard InChI is InChI=1S/C27H35N3O2/c31-26(21-25(23-11-5-3-6-12-23)24-13-7-4-8-14-24)30-19-17-28(18-20-30)22-27(32)29-15-9-1-2-10-16-29/h3-8,11-14,25H,1-2,9-10,15-22H2. The fourth-order valence-electron chi connectivity index (χ4n) is 4.87. The van der Waals surface area contributed by atoms with Crippen molar-refractivity contribution in [1.82, 2.24) is 14.7 Å². The van der Waals surface area contributed by atoms with Crippen LogP contribution in [0.5, 0.6) is 0 Å². The summed E-state index contributed by atoms with van der Waals surface area (Å²) in [5, 5.41) is 0. The van der Waals surface area contributed by atoms with Crippen LogP contribution in [-0.2, 0) is 9.59 Å². The molecule has 2 saturated heterocycles. The maximum atomic E-state index is 13.2. The lowest BCUT2D eigenvalue weighted by molar-refractivity contribution is -0.135. The number of nitrogens with zero attached hydrogens (tertiary/aromatic N) is 3. The SMILES string of the molecule is O=C(CC(c1ccccc1)c1ccccc1)N1CCN(CC(=O)N2CCCCCC2)CC1. The monoisotopic (exact) mass is 433 g/mol. The lowest BCUT2D eigenvalue weighted by atomic mass is 9.88. The molecule has 0 unspecified atom stereocenters. The van der Waals surface area contributed by atoms with Crippen LogP contribution in [0.3, 0.4) is 0 Å². The summed E-state index contributed by atoms with van der Waals surface area (Å²) < 4.78 is 0. The molecule has 0 aliphatic carbocycles. The van der Waals surface area contributed by atoms with E-state index in [2.05, 4.69) is 29.2 Å². The van der Waals surface area contributed by atoms with Gasteiger partial charge in [-0.15, -0.1) is 0 Å². The van der Waals surface area contributed by atoms with Crippen LogP contribution in [0.1, 0.15) is 49.1 Å². The number of rotatable bonds is 6. The lowest BCUT2D eigenvalue weighted by Gasteiger charge is -2.36. The molecule has 0 saturated carbocycles. The van der Waals surface area contributed by atoms with Crippen molar-refractivity contribution < 1.29 is 9.59 Å². The molecule has 4 rings (SSSR count). The zero-order valence-electron chi connectivity index (χ0n) is 19.0. The summed E-state index contributed by atoms with van der Waals surface area (Å²) >= 11 is 0. The molecule has 170 valence electrons. The first-order valence-electron chi connectivity index (χ1n) is 12.1. The van der Waals surface area contributed by atoms with Crippen molar-refractivity contribution in [1.29, 1.82) is 0 Å². The third-order valence-electron chi connectivity index (χ3n) is 6.83. The highest BCUT2D eigenvalue weighted by Crippen LogP contribution is 2.28. The van der Waals surface area contributed by atoms with Crippen molar-refractivity contribution in [2.45, 2.75) is 38.0 Å². The van der Waals surface area contributed by atoms with Crippen LogP contribution in [0, 0.1) is 0 Å². The number of benzene rings is 2. The van der Waals surface area contributed by atoms with Crippen molar-refractivity contribution in [3.8, 4) is 0 Å². The molecule has 0 radical (unpaired) electrons. The summed E-state index contributed by atoms with van der Waals surface area (Å²) in [6.07, 6.45) is 5.19. The minimum absolute atomic E-state index is 0.0625. The molecule has 32 heavy (non-hydrogen) atoms. The van der Waals surface area contributed by atoms with Gasteiger partial charge in [0.05, 0.1) is 6.54 Å². The Labute approximate surface area is 192 Å². The molecule has 2 aliphatic rings. The number of carbonyl (C=O) groups excluding carboxylic acids is 2. The van der Waals surface area contributed by atoms with Crippen LogP contribution in [0.25, 0.3) is 0 Å². The van der Waals surface area contributed by atoms with Crippen LogP contribution < -0.4 is 0 Å². The molecule has 2 aliphatic heterocycles. The molecule has 2 fully saturated rings. The van der Waals surface area contributed by atoms with E-state index in [1.807, 2.05) is 46.2 Å². The minimum Gasteiger partial charge on any atom is -0.342 e. The van der Waals surface area contributed by atoms with Gasteiger partial charge in [-0.1, -0.05) is 73.5 Å². The van der Waals surface area contributed by atoms with Gasteiger partial charge < -0.3 is 9.80 Å². The fraction of sp³-hybridized carbons (Fsp3) is 0.481. The summed E-state index contributed by atoms with van der Waals surface area (Å²) in [5.74, 6) is 0.508. The Bertz CT molecular complexity index is 815. The van der Waals surface area contributed by atoms with Crippen LogP contribution >= 0.6 is 0 Å². The molecule has 2 amide bonds. The van der Waals surface area contributed by atoms with Crippen molar-refractivity contribution in [3.05, 3.63) is 71.8 Å². The number of hydrogen-bond acceptors (Lipinski definition) is 3. The van der Waals surface area contributed by atoms with E-state index in [-0.39, 0.29) is 17.7 Å². The Kier molecular flexibility index (Phi) is 7.94. The second kappa shape index (κ2) is 11.3. The molecule has 2 aromatic rings. The Hall–Kier alpha value is -2.66. The molecule has 5 heteroatoms. The summed E-state index contributed by atoms with van der Waals surface area (Å²) in [6.45, 7) is 5.22. The van der Waals surface area contributed by atoms with Crippen molar-refractivity contribution in [2.24, 2.45) is 0 Å². The van der Waals surface area contributed by atoms with Crippen LogP contribution in [-0.4, -0.2) is 72.3 Å². The van der Waals surface area contributed by atoms with E-state index in [1.165, 1.54) is 24.0 Å². The Morgan fingerprint density at radius 1 is 0.625 bits per heavy atom. The summed E-state index contributed by atoms with van der Waals surface area (Å²) in [7, 11) is 0. The lowest BCUT2D eigenvalue weighted by Crippen LogP contribution is -2.51. The third kappa shape index (κ3) is 5.98. The van der Waals surface area contributed by atoms with Crippen LogP contribution in [0.2, 0.25) is 0 Å². The maximum absolute atomic E-state index is 13.2. The summed E-state index contributed by atoms with van der Waals surface area (Å²) in [4.78, 5) is 32.1. The first-order valence-corrected chi connectivity index (χ1v) is 12.1. The van der Waals surface area contributed by atoms with Gasteiger partial charge in [-0.05, 0) is 24.0 Å². The van der Waals surface area contributed by atoms with Gasteiger partial charge in [-0.2, -0.15) is 0 Å². The predicted octanol–water partition coefficient (Wildman–Crippen LogP) is 3.76. The molecule has 0 aromatic heterocycles. The van der Waals surface area contributed by atoms with E-state index >= 15 is 0 Å².